The Morgan fingerprint density at radius 1 is 1.11 bits per heavy atom. The van der Waals surface area contributed by atoms with Crippen molar-refractivity contribution in [2.75, 3.05) is 7.11 Å². The molecule has 1 N–H and O–H groups in total. The van der Waals surface area contributed by atoms with E-state index >= 15 is 0 Å². The van der Waals surface area contributed by atoms with Gasteiger partial charge in [-0.1, -0.05) is 30.3 Å². The molecule has 0 heterocycles. The summed E-state index contributed by atoms with van der Waals surface area (Å²) in [6, 6.07) is 16.8. The summed E-state index contributed by atoms with van der Waals surface area (Å²) in [5.74, 6) is 0.722. The van der Waals surface area contributed by atoms with Crippen molar-refractivity contribution in [3.05, 3.63) is 65.7 Å². The number of benzene rings is 2. The highest BCUT2D eigenvalue weighted by Crippen LogP contribution is 2.12. The Balaban J connectivity index is 1.97. The molecule has 3 nitrogen and oxygen atoms in total. The van der Waals surface area contributed by atoms with Crippen LogP contribution in [0.4, 0.5) is 0 Å². The second-order valence-corrected chi connectivity index (χ2v) is 3.90. The average molecular weight is 241 g/mol. The van der Waals surface area contributed by atoms with Crippen LogP contribution in [0, 0.1) is 0 Å². The van der Waals surface area contributed by atoms with Crippen LogP contribution < -0.4 is 10.1 Å². The quantitative estimate of drug-likeness (QED) is 0.893. The number of methoxy groups -OCH3 is 1. The molecule has 0 unspecified atom stereocenters. The molecule has 0 aliphatic rings. The van der Waals surface area contributed by atoms with Gasteiger partial charge in [-0.25, -0.2) is 0 Å². The Bertz CT molecular complexity index is 523. The second kappa shape index (κ2) is 5.87. The maximum absolute atomic E-state index is 11.8. The molecule has 3 heteroatoms. The number of carbonyl (C=O) groups excluding carboxylic acids is 1. The Labute approximate surface area is 106 Å². The van der Waals surface area contributed by atoms with Gasteiger partial charge >= 0.3 is 0 Å². The van der Waals surface area contributed by atoms with Crippen LogP contribution in [0.15, 0.2) is 54.6 Å². The smallest absolute Gasteiger partial charge is 0.251 e. The first kappa shape index (κ1) is 12.2. The number of nitrogens with one attached hydrogen (secondary N) is 1. The summed E-state index contributed by atoms with van der Waals surface area (Å²) in [5, 5.41) is 2.87. The normalized spacial score (nSPS) is 9.83. The van der Waals surface area contributed by atoms with Gasteiger partial charge in [-0.2, -0.15) is 0 Å². The first-order valence-corrected chi connectivity index (χ1v) is 5.76. The molecule has 0 aliphatic heterocycles. The minimum atomic E-state index is -0.0709. The Morgan fingerprint density at radius 2 is 1.89 bits per heavy atom. The third kappa shape index (κ3) is 3.10. The molecule has 0 saturated carbocycles. The molecule has 0 aliphatic carbocycles. The molecule has 0 saturated heterocycles. The topological polar surface area (TPSA) is 38.3 Å². The molecule has 0 spiro atoms. The summed E-state index contributed by atoms with van der Waals surface area (Å²) in [5.41, 5.74) is 1.68. The molecule has 2 aromatic carbocycles. The lowest BCUT2D eigenvalue weighted by atomic mass is 10.2. The van der Waals surface area contributed by atoms with Gasteiger partial charge in [0, 0.05) is 12.1 Å². The molecular weight excluding hydrogens is 226 g/mol. The van der Waals surface area contributed by atoms with Gasteiger partial charge < -0.3 is 10.1 Å². The Hall–Kier alpha value is -2.29. The third-order valence-corrected chi connectivity index (χ3v) is 2.62. The molecule has 0 aromatic heterocycles. The van der Waals surface area contributed by atoms with E-state index in [4.69, 9.17) is 4.74 Å². The van der Waals surface area contributed by atoms with E-state index in [2.05, 4.69) is 5.32 Å². The summed E-state index contributed by atoms with van der Waals surface area (Å²) in [6.07, 6.45) is 0. The van der Waals surface area contributed by atoms with Gasteiger partial charge in [-0.05, 0) is 29.8 Å². The van der Waals surface area contributed by atoms with Gasteiger partial charge in [-0.15, -0.1) is 0 Å². The highest BCUT2D eigenvalue weighted by atomic mass is 16.5. The Kier molecular flexibility index (Phi) is 3.97. The van der Waals surface area contributed by atoms with Crippen LogP contribution in [0.25, 0.3) is 0 Å². The third-order valence-electron chi connectivity index (χ3n) is 2.62. The van der Waals surface area contributed by atoms with Gasteiger partial charge in [0.15, 0.2) is 0 Å². The van der Waals surface area contributed by atoms with Crippen LogP contribution in [0.2, 0.25) is 0 Å². The van der Waals surface area contributed by atoms with Gasteiger partial charge in [0.05, 0.1) is 7.11 Å². The molecule has 92 valence electrons. The lowest BCUT2D eigenvalue weighted by molar-refractivity contribution is 0.0951. The molecule has 0 fully saturated rings. The minimum Gasteiger partial charge on any atom is -0.497 e. The molecule has 0 radical (unpaired) electrons. The predicted octanol–water partition coefficient (Wildman–Crippen LogP) is 2.63. The first-order valence-electron chi connectivity index (χ1n) is 5.76. The van der Waals surface area contributed by atoms with Crippen LogP contribution in [-0.4, -0.2) is 13.0 Å². The van der Waals surface area contributed by atoms with Gasteiger partial charge in [0.25, 0.3) is 5.91 Å². The lowest BCUT2D eigenvalue weighted by Crippen LogP contribution is -2.22. The lowest BCUT2D eigenvalue weighted by Gasteiger charge is -2.06. The van der Waals surface area contributed by atoms with Crippen molar-refractivity contribution in [3.8, 4) is 5.75 Å². The van der Waals surface area contributed by atoms with Gasteiger partial charge in [0.1, 0.15) is 5.75 Å². The SMILES string of the molecule is COc1cccc(CNC(=O)c2ccccc2)c1. The number of rotatable bonds is 4. The van der Waals surface area contributed by atoms with Crippen molar-refractivity contribution in [2.24, 2.45) is 0 Å². The van der Waals surface area contributed by atoms with Gasteiger partial charge in [-0.3, -0.25) is 4.79 Å². The highest BCUT2D eigenvalue weighted by molar-refractivity contribution is 5.94. The standard InChI is InChI=1S/C15H15NO2/c1-18-14-9-5-6-12(10-14)11-16-15(17)13-7-3-2-4-8-13/h2-10H,11H2,1H3,(H,16,17). The van der Waals surface area contributed by atoms with Crippen molar-refractivity contribution >= 4 is 5.91 Å². The van der Waals surface area contributed by atoms with Crippen molar-refractivity contribution in [1.82, 2.24) is 5.32 Å². The summed E-state index contributed by atoms with van der Waals surface area (Å²) in [4.78, 5) is 11.8. The maximum Gasteiger partial charge on any atom is 0.251 e. The summed E-state index contributed by atoms with van der Waals surface area (Å²) in [6.45, 7) is 0.491. The number of ether oxygens (including phenoxy) is 1. The first-order chi connectivity index (χ1) is 8.79. The van der Waals surface area contributed by atoms with E-state index in [0.717, 1.165) is 11.3 Å². The summed E-state index contributed by atoms with van der Waals surface area (Å²) < 4.78 is 5.13. The largest absolute Gasteiger partial charge is 0.497 e. The van der Waals surface area contributed by atoms with E-state index in [9.17, 15) is 4.79 Å². The van der Waals surface area contributed by atoms with Crippen LogP contribution in [-0.2, 0) is 6.54 Å². The second-order valence-electron chi connectivity index (χ2n) is 3.90. The number of carbonyl (C=O) groups is 1. The number of hydrogen-bond donors (Lipinski definition) is 1. The molecule has 18 heavy (non-hydrogen) atoms. The van der Waals surface area contributed by atoms with E-state index < -0.39 is 0 Å². The predicted molar refractivity (Wildman–Crippen MR) is 70.6 cm³/mol. The van der Waals surface area contributed by atoms with Crippen LogP contribution in [0.3, 0.4) is 0 Å². The molecule has 1 amide bonds. The van der Waals surface area contributed by atoms with Crippen LogP contribution >= 0.6 is 0 Å². The molecule has 2 aromatic rings. The van der Waals surface area contributed by atoms with Crippen molar-refractivity contribution in [3.63, 3.8) is 0 Å². The fourth-order valence-corrected chi connectivity index (χ4v) is 1.66. The van der Waals surface area contributed by atoms with E-state index in [1.54, 1.807) is 19.2 Å². The fraction of sp³-hybridized carbons (Fsp3) is 0.133. The number of hydrogen-bond acceptors (Lipinski definition) is 2. The Morgan fingerprint density at radius 3 is 2.61 bits per heavy atom. The van der Waals surface area contributed by atoms with E-state index in [1.165, 1.54) is 0 Å². The fourth-order valence-electron chi connectivity index (χ4n) is 1.66. The van der Waals surface area contributed by atoms with Gasteiger partial charge in [0.2, 0.25) is 0 Å². The number of amides is 1. The molecular formula is C15H15NO2. The van der Waals surface area contributed by atoms with Crippen molar-refractivity contribution < 1.29 is 9.53 Å². The minimum absolute atomic E-state index is 0.0709. The van der Waals surface area contributed by atoms with Crippen molar-refractivity contribution in [2.45, 2.75) is 6.54 Å². The zero-order valence-corrected chi connectivity index (χ0v) is 10.2. The average Bonchev–Trinajstić information content (AvgIpc) is 2.46. The molecule has 0 atom stereocenters. The van der Waals surface area contributed by atoms with Crippen LogP contribution in [0.5, 0.6) is 5.75 Å². The van der Waals surface area contributed by atoms with E-state index in [0.29, 0.717) is 12.1 Å². The zero-order chi connectivity index (χ0) is 12.8. The highest BCUT2D eigenvalue weighted by Gasteiger charge is 2.04. The van der Waals surface area contributed by atoms with Crippen LogP contribution in [0.1, 0.15) is 15.9 Å². The van der Waals surface area contributed by atoms with E-state index in [-0.39, 0.29) is 5.91 Å². The zero-order valence-electron chi connectivity index (χ0n) is 10.2. The molecule has 0 bridgehead atoms. The monoisotopic (exact) mass is 241 g/mol. The maximum atomic E-state index is 11.8. The van der Waals surface area contributed by atoms with Crippen molar-refractivity contribution in [1.29, 1.82) is 0 Å². The van der Waals surface area contributed by atoms with E-state index in [1.807, 2.05) is 42.5 Å². The molecule has 2 rings (SSSR count). The summed E-state index contributed by atoms with van der Waals surface area (Å²) in [7, 11) is 1.63. The summed E-state index contributed by atoms with van der Waals surface area (Å²) >= 11 is 0.